The fourth-order valence-corrected chi connectivity index (χ4v) is 2.34. The molecule has 2 aromatic carbocycles. The number of imidazole rings is 1. The predicted molar refractivity (Wildman–Crippen MR) is 80.4 cm³/mol. The standard InChI is InChI=1S/C15H15BN2O3/c1-21-13-6-7-14-15(8-13)18(10-17-14)9-11-2-4-12(5-3-11)16(19)20/h2-8,10,19-20H,9H2,1H3/p+1. The van der Waals surface area contributed by atoms with E-state index in [0.717, 1.165) is 22.3 Å². The van der Waals surface area contributed by atoms with Gasteiger partial charge in [-0.05, 0) is 23.2 Å². The number of methoxy groups -OCH3 is 1. The van der Waals surface area contributed by atoms with E-state index >= 15 is 0 Å². The highest BCUT2D eigenvalue weighted by Crippen LogP contribution is 2.16. The molecule has 0 fully saturated rings. The number of benzene rings is 2. The molecule has 5 nitrogen and oxygen atoms in total. The number of rotatable bonds is 4. The lowest BCUT2D eigenvalue weighted by atomic mass is 9.80. The molecule has 3 aromatic rings. The van der Waals surface area contributed by atoms with Crippen LogP contribution in [0.4, 0.5) is 0 Å². The van der Waals surface area contributed by atoms with Crippen LogP contribution in [0.25, 0.3) is 11.0 Å². The molecule has 6 heteroatoms. The maximum Gasteiger partial charge on any atom is 0.488 e. The largest absolute Gasteiger partial charge is 0.497 e. The van der Waals surface area contributed by atoms with Crippen molar-refractivity contribution in [3.63, 3.8) is 0 Å². The van der Waals surface area contributed by atoms with Crippen LogP contribution >= 0.6 is 0 Å². The van der Waals surface area contributed by atoms with Gasteiger partial charge in [0, 0.05) is 6.07 Å². The highest BCUT2D eigenvalue weighted by Gasteiger charge is 2.13. The topological polar surface area (TPSA) is 69.4 Å². The lowest BCUT2D eigenvalue weighted by Crippen LogP contribution is -2.33. The molecule has 3 rings (SSSR count). The van der Waals surface area contributed by atoms with E-state index in [2.05, 4.69) is 9.55 Å². The van der Waals surface area contributed by atoms with Crippen LogP contribution < -0.4 is 14.8 Å². The quantitative estimate of drug-likeness (QED) is 0.473. The molecule has 1 heterocycles. The van der Waals surface area contributed by atoms with Crippen molar-refractivity contribution in [1.82, 2.24) is 4.98 Å². The first kappa shape index (κ1) is 13.7. The number of hydrogen-bond donors (Lipinski definition) is 3. The number of H-pyrrole nitrogens is 1. The van der Waals surface area contributed by atoms with E-state index in [0.29, 0.717) is 12.0 Å². The molecule has 0 radical (unpaired) electrons. The van der Waals surface area contributed by atoms with Crippen LogP contribution in [0.5, 0.6) is 5.75 Å². The summed E-state index contributed by atoms with van der Waals surface area (Å²) in [7, 11) is 0.223. The average molecular weight is 283 g/mol. The van der Waals surface area contributed by atoms with E-state index in [1.165, 1.54) is 0 Å². The van der Waals surface area contributed by atoms with E-state index in [4.69, 9.17) is 14.8 Å². The maximum absolute atomic E-state index is 9.10. The van der Waals surface area contributed by atoms with Crippen molar-refractivity contribution in [2.24, 2.45) is 0 Å². The molecular weight excluding hydrogens is 267 g/mol. The molecule has 0 aliphatic carbocycles. The molecule has 0 saturated heterocycles. The Balaban J connectivity index is 1.90. The van der Waals surface area contributed by atoms with Crippen LogP contribution in [0.15, 0.2) is 48.8 Å². The molecule has 0 saturated carbocycles. The van der Waals surface area contributed by atoms with Gasteiger partial charge >= 0.3 is 7.12 Å². The third-order valence-electron chi connectivity index (χ3n) is 3.52. The molecule has 3 N–H and O–H groups in total. The molecule has 0 amide bonds. The van der Waals surface area contributed by atoms with Crippen LogP contribution in [0.2, 0.25) is 0 Å². The van der Waals surface area contributed by atoms with Gasteiger partial charge in [0.05, 0.1) is 7.11 Å². The fourth-order valence-electron chi connectivity index (χ4n) is 2.34. The zero-order valence-electron chi connectivity index (χ0n) is 11.7. The molecule has 1 aromatic heterocycles. The molecule has 0 atom stereocenters. The number of ether oxygens (including phenoxy) is 1. The Morgan fingerprint density at radius 2 is 1.90 bits per heavy atom. The van der Waals surface area contributed by atoms with Crippen LogP contribution in [-0.2, 0) is 6.54 Å². The SMILES string of the molecule is COc1ccc2[nH]c[n+](Cc3ccc(B(O)O)cc3)c2c1. The molecule has 0 unspecified atom stereocenters. The Morgan fingerprint density at radius 3 is 2.57 bits per heavy atom. The lowest BCUT2D eigenvalue weighted by molar-refractivity contribution is -0.662. The van der Waals surface area contributed by atoms with Crippen molar-refractivity contribution in [2.45, 2.75) is 6.54 Å². The van der Waals surface area contributed by atoms with Gasteiger partial charge in [-0.3, -0.25) is 0 Å². The Hall–Kier alpha value is -2.31. The lowest BCUT2D eigenvalue weighted by Gasteiger charge is -2.03. The summed E-state index contributed by atoms with van der Waals surface area (Å²) in [6.07, 6.45) is 1.92. The molecule has 0 aliphatic heterocycles. The van der Waals surface area contributed by atoms with E-state index in [1.807, 2.05) is 36.7 Å². The number of nitrogens with one attached hydrogen (secondary N) is 1. The Kier molecular flexibility index (Phi) is 3.64. The van der Waals surface area contributed by atoms with E-state index in [9.17, 15) is 0 Å². The number of aromatic nitrogens is 2. The highest BCUT2D eigenvalue weighted by molar-refractivity contribution is 6.58. The number of nitrogens with zero attached hydrogens (tertiary/aromatic N) is 1. The minimum atomic E-state index is -1.43. The van der Waals surface area contributed by atoms with Gasteiger partial charge in [-0.15, -0.1) is 0 Å². The van der Waals surface area contributed by atoms with E-state index in [1.54, 1.807) is 19.2 Å². The first-order valence-corrected chi connectivity index (χ1v) is 6.67. The number of fused-ring (bicyclic) bond motifs is 1. The summed E-state index contributed by atoms with van der Waals surface area (Å²) in [6, 6.07) is 13.1. The summed E-state index contributed by atoms with van der Waals surface area (Å²) in [6.45, 7) is 0.689. The van der Waals surface area contributed by atoms with Gasteiger partial charge in [-0.1, -0.05) is 24.3 Å². The molecule has 0 bridgehead atoms. The van der Waals surface area contributed by atoms with Crippen LogP contribution in [0.3, 0.4) is 0 Å². The van der Waals surface area contributed by atoms with Crippen LogP contribution in [0.1, 0.15) is 5.56 Å². The van der Waals surface area contributed by atoms with E-state index in [-0.39, 0.29) is 0 Å². The summed E-state index contributed by atoms with van der Waals surface area (Å²) in [5, 5.41) is 18.2. The summed E-state index contributed by atoms with van der Waals surface area (Å²) < 4.78 is 7.34. The Labute approximate surface area is 122 Å². The monoisotopic (exact) mass is 283 g/mol. The average Bonchev–Trinajstić information content (AvgIpc) is 2.90. The molecular formula is C15H16BN2O3+. The molecule has 106 valence electrons. The van der Waals surface area contributed by atoms with E-state index < -0.39 is 7.12 Å². The number of hydrogen-bond acceptors (Lipinski definition) is 3. The van der Waals surface area contributed by atoms with Crippen molar-refractivity contribution >= 4 is 23.6 Å². The first-order chi connectivity index (χ1) is 10.2. The second-order valence-corrected chi connectivity index (χ2v) is 4.90. The molecule has 21 heavy (non-hydrogen) atoms. The first-order valence-electron chi connectivity index (χ1n) is 6.67. The second kappa shape index (κ2) is 5.59. The Morgan fingerprint density at radius 1 is 1.14 bits per heavy atom. The molecule has 0 aliphatic rings. The minimum Gasteiger partial charge on any atom is -0.497 e. The fraction of sp³-hybridized carbons (Fsp3) is 0.133. The third kappa shape index (κ3) is 2.77. The van der Waals surface area contributed by atoms with Gasteiger partial charge in [-0.25, -0.2) is 9.55 Å². The van der Waals surface area contributed by atoms with Gasteiger partial charge in [0.2, 0.25) is 6.33 Å². The van der Waals surface area contributed by atoms with Gasteiger partial charge in [0.15, 0.2) is 11.0 Å². The summed E-state index contributed by atoms with van der Waals surface area (Å²) in [5.74, 6) is 0.814. The summed E-state index contributed by atoms with van der Waals surface area (Å²) in [5.41, 5.74) is 3.66. The van der Waals surface area contributed by atoms with Crippen LogP contribution in [-0.4, -0.2) is 29.3 Å². The number of aromatic amines is 1. The van der Waals surface area contributed by atoms with Crippen molar-refractivity contribution in [3.05, 3.63) is 54.4 Å². The zero-order chi connectivity index (χ0) is 14.8. The maximum atomic E-state index is 9.10. The van der Waals surface area contributed by atoms with Crippen molar-refractivity contribution < 1.29 is 19.4 Å². The summed E-state index contributed by atoms with van der Waals surface area (Å²) >= 11 is 0. The zero-order valence-corrected chi connectivity index (χ0v) is 11.7. The van der Waals surface area contributed by atoms with Gasteiger partial charge < -0.3 is 14.8 Å². The van der Waals surface area contributed by atoms with Crippen molar-refractivity contribution in [2.75, 3.05) is 7.11 Å². The van der Waals surface area contributed by atoms with Crippen molar-refractivity contribution in [1.29, 1.82) is 0 Å². The van der Waals surface area contributed by atoms with Gasteiger partial charge in [-0.2, -0.15) is 0 Å². The van der Waals surface area contributed by atoms with Gasteiger partial charge in [0.1, 0.15) is 12.3 Å². The minimum absolute atomic E-state index is 0.490. The Bertz CT molecular complexity index is 753. The normalized spacial score (nSPS) is 10.8. The third-order valence-corrected chi connectivity index (χ3v) is 3.52. The summed E-state index contributed by atoms with van der Waals surface area (Å²) in [4.78, 5) is 3.22. The predicted octanol–water partition coefficient (Wildman–Crippen LogP) is 0.192. The van der Waals surface area contributed by atoms with Gasteiger partial charge in [0.25, 0.3) is 0 Å². The smallest absolute Gasteiger partial charge is 0.488 e. The van der Waals surface area contributed by atoms with Crippen LogP contribution in [0, 0.1) is 0 Å². The second-order valence-electron chi connectivity index (χ2n) is 4.90. The molecule has 0 spiro atoms. The van der Waals surface area contributed by atoms with Crippen molar-refractivity contribution in [3.8, 4) is 5.75 Å². The highest BCUT2D eigenvalue weighted by atomic mass is 16.5.